The van der Waals surface area contributed by atoms with E-state index in [4.69, 9.17) is 58.0 Å². The van der Waals surface area contributed by atoms with Crippen LogP contribution in [0.4, 0.5) is 0 Å². The smallest absolute Gasteiger partial charge is 0.0701 e. The van der Waals surface area contributed by atoms with Gasteiger partial charge in [-0.2, -0.15) is 0 Å². The summed E-state index contributed by atoms with van der Waals surface area (Å²) in [6.07, 6.45) is 17.2. The lowest BCUT2D eigenvalue weighted by Gasteiger charge is -2.26. The Balaban J connectivity index is 4.64. The van der Waals surface area contributed by atoms with Crippen LogP contribution in [0.3, 0.4) is 0 Å². The number of ether oxygens (including phenoxy) is 9. The Labute approximate surface area is 335 Å². The van der Waals surface area contributed by atoms with Crippen LogP contribution in [0.1, 0.15) is 90.4 Å². The standard InChI is InChI=1S/C41H86N2O12/c1-2-3-4-5-6-7-8-9-10-11-12-13-15-42(18-24-47-30-36-53-39-33-50-27-21-44)16-14-17-43(19-25-48-31-37-54-40-34-51-28-22-45)20-26-49-32-38-55-41-35-52-29-23-46/h44-46H,2-41H2,1H3. The molecule has 0 radical (unpaired) electrons. The van der Waals surface area contributed by atoms with Crippen molar-refractivity contribution in [2.24, 2.45) is 0 Å². The van der Waals surface area contributed by atoms with E-state index in [0.717, 1.165) is 45.7 Å². The van der Waals surface area contributed by atoms with Gasteiger partial charge in [-0.15, -0.1) is 0 Å². The van der Waals surface area contributed by atoms with Gasteiger partial charge in [0.15, 0.2) is 0 Å². The number of rotatable bonds is 50. The first-order chi connectivity index (χ1) is 27.3. The van der Waals surface area contributed by atoms with Gasteiger partial charge in [0.05, 0.1) is 139 Å². The quantitative estimate of drug-likeness (QED) is 0.0766. The SMILES string of the molecule is CCCCCCCCCCCCCCN(CCCN(CCOCCOCCOCCO)CCOCCOCCOCCO)CCOCCOCCOCCO. The second-order valence-electron chi connectivity index (χ2n) is 13.6. The lowest BCUT2D eigenvalue weighted by atomic mass is 10.1. The zero-order valence-corrected chi connectivity index (χ0v) is 35.2. The summed E-state index contributed by atoms with van der Waals surface area (Å²) in [5.74, 6) is 0. The second-order valence-corrected chi connectivity index (χ2v) is 13.6. The minimum atomic E-state index is 0.0205. The molecular weight excluding hydrogens is 712 g/mol. The van der Waals surface area contributed by atoms with Crippen LogP contribution in [0.5, 0.6) is 0 Å². The monoisotopic (exact) mass is 799 g/mol. The minimum absolute atomic E-state index is 0.0205. The van der Waals surface area contributed by atoms with Crippen LogP contribution < -0.4 is 0 Å². The summed E-state index contributed by atoms with van der Waals surface area (Å²) in [5.41, 5.74) is 0. The highest BCUT2D eigenvalue weighted by Gasteiger charge is 2.10. The number of nitrogens with zero attached hydrogens (tertiary/aromatic N) is 2. The van der Waals surface area contributed by atoms with Gasteiger partial charge in [0.25, 0.3) is 0 Å². The summed E-state index contributed by atoms with van der Waals surface area (Å²) < 4.78 is 50.0. The molecule has 0 saturated heterocycles. The average Bonchev–Trinajstić information content (AvgIpc) is 3.19. The first kappa shape index (κ1) is 54.4. The van der Waals surface area contributed by atoms with Gasteiger partial charge in [0, 0.05) is 19.6 Å². The number of unbranched alkanes of at least 4 members (excludes halogenated alkanes) is 11. The molecule has 0 aliphatic rings. The summed E-state index contributed by atoms with van der Waals surface area (Å²) in [7, 11) is 0. The molecule has 0 aromatic rings. The van der Waals surface area contributed by atoms with Gasteiger partial charge in [-0.05, 0) is 32.5 Å². The minimum Gasteiger partial charge on any atom is -0.394 e. The number of hydrogen-bond acceptors (Lipinski definition) is 14. The zero-order chi connectivity index (χ0) is 39.8. The first-order valence-electron chi connectivity index (χ1n) is 21.7. The fourth-order valence-corrected chi connectivity index (χ4v) is 5.77. The predicted octanol–water partition coefficient (Wildman–Crippen LogP) is 3.81. The fraction of sp³-hybridized carbons (Fsp3) is 1.00. The highest BCUT2D eigenvalue weighted by molar-refractivity contribution is 4.64. The van der Waals surface area contributed by atoms with Crippen molar-refractivity contribution >= 4 is 0 Å². The molecule has 0 saturated carbocycles. The molecule has 0 aliphatic carbocycles. The van der Waals surface area contributed by atoms with Crippen molar-refractivity contribution < 1.29 is 58.0 Å². The van der Waals surface area contributed by atoms with Gasteiger partial charge in [0.1, 0.15) is 0 Å². The third-order valence-corrected chi connectivity index (χ3v) is 8.87. The van der Waals surface area contributed by atoms with Crippen LogP contribution in [0, 0.1) is 0 Å². The van der Waals surface area contributed by atoms with Gasteiger partial charge in [0.2, 0.25) is 0 Å². The molecule has 0 heterocycles. The lowest BCUT2D eigenvalue weighted by molar-refractivity contribution is -0.00256. The molecule has 332 valence electrons. The Kier molecular flexibility index (Phi) is 49.1. The predicted molar refractivity (Wildman–Crippen MR) is 217 cm³/mol. The summed E-state index contributed by atoms with van der Waals surface area (Å²) in [6, 6.07) is 0. The van der Waals surface area contributed by atoms with Gasteiger partial charge < -0.3 is 62.9 Å². The molecule has 3 N–H and O–H groups in total. The summed E-state index contributed by atoms with van der Waals surface area (Å²) in [6.45, 7) is 16.9. The van der Waals surface area contributed by atoms with Gasteiger partial charge in [-0.25, -0.2) is 0 Å². The molecule has 0 aliphatic heterocycles. The molecule has 0 unspecified atom stereocenters. The van der Waals surface area contributed by atoms with Crippen LogP contribution in [-0.4, -0.2) is 203 Å². The van der Waals surface area contributed by atoms with Crippen molar-refractivity contribution in [1.82, 2.24) is 9.80 Å². The van der Waals surface area contributed by atoms with E-state index in [9.17, 15) is 0 Å². The average molecular weight is 799 g/mol. The van der Waals surface area contributed by atoms with Crippen LogP contribution in [0.25, 0.3) is 0 Å². The third-order valence-electron chi connectivity index (χ3n) is 8.87. The highest BCUT2D eigenvalue weighted by atomic mass is 16.6. The van der Waals surface area contributed by atoms with E-state index in [2.05, 4.69) is 16.7 Å². The topological polar surface area (TPSA) is 150 Å². The molecule has 0 bridgehead atoms. The van der Waals surface area contributed by atoms with E-state index in [1.165, 1.54) is 77.0 Å². The van der Waals surface area contributed by atoms with E-state index in [0.29, 0.717) is 119 Å². The number of aliphatic hydroxyl groups is 3. The Morgan fingerprint density at radius 1 is 0.255 bits per heavy atom. The van der Waals surface area contributed by atoms with E-state index in [1.54, 1.807) is 0 Å². The Morgan fingerprint density at radius 2 is 0.491 bits per heavy atom. The van der Waals surface area contributed by atoms with Crippen LogP contribution in [-0.2, 0) is 42.6 Å². The van der Waals surface area contributed by atoms with Crippen LogP contribution >= 0.6 is 0 Å². The molecule has 0 atom stereocenters. The summed E-state index contributed by atoms with van der Waals surface area (Å²) in [4.78, 5) is 4.96. The van der Waals surface area contributed by atoms with Gasteiger partial charge >= 0.3 is 0 Å². The van der Waals surface area contributed by atoms with Crippen molar-refractivity contribution in [3.05, 3.63) is 0 Å². The van der Waals surface area contributed by atoms with Crippen molar-refractivity contribution in [3.63, 3.8) is 0 Å². The summed E-state index contributed by atoms with van der Waals surface area (Å²) >= 11 is 0. The molecule has 0 fully saturated rings. The maximum absolute atomic E-state index is 8.80. The lowest BCUT2D eigenvalue weighted by Crippen LogP contribution is -2.36. The van der Waals surface area contributed by atoms with E-state index in [-0.39, 0.29) is 19.8 Å². The maximum Gasteiger partial charge on any atom is 0.0701 e. The molecule has 14 heteroatoms. The first-order valence-corrected chi connectivity index (χ1v) is 21.7. The van der Waals surface area contributed by atoms with Crippen molar-refractivity contribution in [3.8, 4) is 0 Å². The molecular formula is C41H86N2O12. The maximum atomic E-state index is 8.80. The van der Waals surface area contributed by atoms with Gasteiger partial charge in [-0.3, -0.25) is 4.90 Å². The Hall–Kier alpha value is -0.560. The second kappa shape index (κ2) is 49.6. The molecule has 0 aromatic carbocycles. The third kappa shape index (κ3) is 46.0. The van der Waals surface area contributed by atoms with Crippen LogP contribution in [0.2, 0.25) is 0 Å². The molecule has 0 amide bonds. The Morgan fingerprint density at radius 3 is 0.800 bits per heavy atom. The largest absolute Gasteiger partial charge is 0.394 e. The molecule has 0 spiro atoms. The molecule has 0 rings (SSSR count). The number of aliphatic hydroxyl groups excluding tert-OH is 3. The van der Waals surface area contributed by atoms with Crippen LogP contribution in [0.15, 0.2) is 0 Å². The normalized spacial score (nSPS) is 11.9. The number of hydrogen-bond donors (Lipinski definition) is 3. The van der Waals surface area contributed by atoms with E-state index >= 15 is 0 Å². The summed E-state index contributed by atoms with van der Waals surface area (Å²) in [5, 5.41) is 26.4. The van der Waals surface area contributed by atoms with Crippen molar-refractivity contribution in [2.45, 2.75) is 90.4 Å². The van der Waals surface area contributed by atoms with Crippen molar-refractivity contribution in [2.75, 3.05) is 178 Å². The van der Waals surface area contributed by atoms with Gasteiger partial charge in [-0.1, -0.05) is 77.6 Å². The Bertz CT molecular complexity index is 665. The van der Waals surface area contributed by atoms with Crippen molar-refractivity contribution in [1.29, 1.82) is 0 Å². The zero-order valence-electron chi connectivity index (χ0n) is 35.2. The van der Waals surface area contributed by atoms with E-state index in [1.807, 2.05) is 0 Å². The molecule has 14 nitrogen and oxygen atoms in total. The highest BCUT2D eigenvalue weighted by Crippen LogP contribution is 2.12. The fourth-order valence-electron chi connectivity index (χ4n) is 5.77. The van der Waals surface area contributed by atoms with E-state index < -0.39 is 0 Å². The molecule has 0 aromatic heterocycles. The molecule has 55 heavy (non-hydrogen) atoms.